The van der Waals surface area contributed by atoms with Gasteiger partial charge in [-0.1, -0.05) is 6.07 Å². The SMILES string of the molecule is CCNC(=NCC(O)c1ccco1)N(C)CCc1cccs1.I. The lowest BCUT2D eigenvalue weighted by Crippen LogP contribution is -2.40. The van der Waals surface area contributed by atoms with Gasteiger partial charge in [-0.3, -0.25) is 0 Å². The minimum atomic E-state index is -0.714. The monoisotopic (exact) mass is 449 g/mol. The summed E-state index contributed by atoms with van der Waals surface area (Å²) in [6.07, 6.45) is 1.83. The zero-order valence-corrected chi connectivity index (χ0v) is 16.6. The van der Waals surface area contributed by atoms with E-state index in [4.69, 9.17) is 4.42 Å². The Morgan fingerprint density at radius 3 is 2.87 bits per heavy atom. The van der Waals surface area contributed by atoms with E-state index in [1.807, 2.05) is 14.0 Å². The highest BCUT2D eigenvalue weighted by atomic mass is 127. The van der Waals surface area contributed by atoms with Gasteiger partial charge in [0.05, 0.1) is 12.8 Å². The summed E-state index contributed by atoms with van der Waals surface area (Å²) >= 11 is 1.77. The van der Waals surface area contributed by atoms with Crippen molar-refractivity contribution in [3.8, 4) is 0 Å². The molecule has 5 nitrogen and oxygen atoms in total. The fraction of sp³-hybridized carbons (Fsp3) is 0.438. The highest BCUT2D eigenvalue weighted by Gasteiger charge is 2.11. The van der Waals surface area contributed by atoms with Crippen LogP contribution in [-0.2, 0) is 6.42 Å². The minimum Gasteiger partial charge on any atom is -0.467 e. The second kappa shape index (κ2) is 10.7. The molecule has 0 aliphatic carbocycles. The fourth-order valence-electron chi connectivity index (χ4n) is 2.05. The Hall–Kier alpha value is -1.06. The molecule has 0 aliphatic heterocycles. The van der Waals surface area contributed by atoms with Crippen LogP contribution >= 0.6 is 35.3 Å². The van der Waals surface area contributed by atoms with Crippen LogP contribution in [0.25, 0.3) is 0 Å². The van der Waals surface area contributed by atoms with Gasteiger partial charge >= 0.3 is 0 Å². The molecule has 0 amide bonds. The topological polar surface area (TPSA) is 61.0 Å². The van der Waals surface area contributed by atoms with Gasteiger partial charge in [-0.25, -0.2) is 4.99 Å². The molecule has 1 atom stereocenters. The van der Waals surface area contributed by atoms with Crippen LogP contribution in [0.4, 0.5) is 0 Å². The van der Waals surface area contributed by atoms with Gasteiger partial charge < -0.3 is 19.7 Å². The van der Waals surface area contributed by atoms with Crippen LogP contribution in [-0.4, -0.2) is 42.6 Å². The number of guanidine groups is 1. The summed E-state index contributed by atoms with van der Waals surface area (Å²) in [5, 5.41) is 15.4. The summed E-state index contributed by atoms with van der Waals surface area (Å²) in [6.45, 7) is 3.98. The molecule has 2 rings (SSSR count). The van der Waals surface area contributed by atoms with E-state index in [1.54, 1.807) is 29.7 Å². The molecule has 1 unspecified atom stereocenters. The van der Waals surface area contributed by atoms with Crippen molar-refractivity contribution in [3.63, 3.8) is 0 Å². The van der Waals surface area contributed by atoms with E-state index in [9.17, 15) is 5.11 Å². The standard InChI is InChI=1S/C16H23N3O2S.HI/c1-3-17-16(18-12-14(20)15-7-4-10-21-15)19(2)9-8-13-6-5-11-22-13;/h4-7,10-11,14,20H,3,8-9,12H2,1-2H3,(H,17,18);1H. The Labute approximate surface area is 158 Å². The molecule has 0 radical (unpaired) electrons. The molecule has 2 aromatic heterocycles. The van der Waals surface area contributed by atoms with Crippen molar-refractivity contribution in [2.24, 2.45) is 4.99 Å². The van der Waals surface area contributed by atoms with E-state index in [0.717, 1.165) is 25.5 Å². The Balaban J connectivity index is 0.00000264. The van der Waals surface area contributed by atoms with Crippen LogP contribution in [0.15, 0.2) is 45.3 Å². The lowest BCUT2D eigenvalue weighted by atomic mass is 10.3. The normalized spacial score (nSPS) is 12.6. The molecular formula is C16H24IN3O2S. The molecule has 0 bridgehead atoms. The van der Waals surface area contributed by atoms with Gasteiger partial charge in [0.25, 0.3) is 0 Å². The number of halogens is 1. The van der Waals surface area contributed by atoms with Crippen molar-refractivity contribution in [2.45, 2.75) is 19.4 Å². The Kier molecular flexibility index (Phi) is 9.27. The number of furan rings is 1. The summed E-state index contributed by atoms with van der Waals surface area (Å²) in [5.74, 6) is 1.34. The third kappa shape index (κ3) is 6.52. The summed E-state index contributed by atoms with van der Waals surface area (Å²) in [4.78, 5) is 7.94. The molecule has 2 N–H and O–H groups in total. The van der Waals surface area contributed by atoms with Crippen LogP contribution in [0, 0.1) is 0 Å². The van der Waals surface area contributed by atoms with E-state index < -0.39 is 6.10 Å². The molecule has 0 spiro atoms. The van der Waals surface area contributed by atoms with Gasteiger partial charge in [0.15, 0.2) is 5.96 Å². The molecule has 0 aromatic carbocycles. The van der Waals surface area contributed by atoms with Crippen molar-refractivity contribution in [2.75, 3.05) is 26.7 Å². The summed E-state index contributed by atoms with van der Waals surface area (Å²) in [7, 11) is 2.01. The predicted molar refractivity (Wildman–Crippen MR) is 106 cm³/mol. The largest absolute Gasteiger partial charge is 0.467 e. The van der Waals surface area contributed by atoms with Gasteiger partial charge in [-0.15, -0.1) is 35.3 Å². The van der Waals surface area contributed by atoms with Crippen molar-refractivity contribution in [3.05, 3.63) is 46.5 Å². The zero-order valence-electron chi connectivity index (χ0n) is 13.4. The second-order valence-corrected chi connectivity index (χ2v) is 6.01. The van der Waals surface area contributed by atoms with Gasteiger partial charge in [0.1, 0.15) is 11.9 Å². The molecule has 0 saturated carbocycles. The number of hydrogen-bond acceptors (Lipinski definition) is 4. The first kappa shape index (κ1) is 20.0. The average molecular weight is 449 g/mol. The van der Waals surface area contributed by atoms with Gasteiger partial charge in [0.2, 0.25) is 0 Å². The van der Waals surface area contributed by atoms with E-state index in [1.165, 1.54) is 4.88 Å². The molecule has 0 aliphatic rings. The first-order valence-corrected chi connectivity index (χ1v) is 8.32. The molecule has 7 heteroatoms. The molecule has 128 valence electrons. The summed E-state index contributed by atoms with van der Waals surface area (Å²) < 4.78 is 5.19. The second-order valence-electron chi connectivity index (χ2n) is 4.98. The molecule has 0 saturated heterocycles. The van der Waals surface area contributed by atoms with Crippen molar-refractivity contribution in [1.82, 2.24) is 10.2 Å². The van der Waals surface area contributed by atoms with E-state index >= 15 is 0 Å². The molecule has 23 heavy (non-hydrogen) atoms. The van der Waals surface area contributed by atoms with Crippen molar-refractivity contribution < 1.29 is 9.52 Å². The van der Waals surface area contributed by atoms with Gasteiger partial charge in [-0.2, -0.15) is 0 Å². The number of hydrogen-bond donors (Lipinski definition) is 2. The number of aliphatic hydroxyl groups is 1. The predicted octanol–water partition coefficient (Wildman–Crippen LogP) is 3.13. The smallest absolute Gasteiger partial charge is 0.193 e. The van der Waals surface area contributed by atoms with E-state index in [-0.39, 0.29) is 30.5 Å². The highest BCUT2D eigenvalue weighted by Crippen LogP contribution is 2.13. The quantitative estimate of drug-likeness (QED) is 0.388. The number of thiophene rings is 1. The lowest BCUT2D eigenvalue weighted by molar-refractivity contribution is 0.158. The minimum absolute atomic E-state index is 0. The highest BCUT2D eigenvalue weighted by molar-refractivity contribution is 14.0. The maximum absolute atomic E-state index is 10.0. The number of rotatable bonds is 7. The Morgan fingerprint density at radius 2 is 2.26 bits per heavy atom. The zero-order chi connectivity index (χ0) is 15.8. The molecule has 0 fully saturated rings. The number of likely N-dealkylation sites (N-methyl/N-ethyl adjacent to an activating group) is 1. The maximum atomic E-state index is 10.0. The van der Waals surface area contributed by atoms with E-state index in [0.29, 0.717) is 5.76 Å². The lowest BCUT2D eigenvalue weighted by Gasteiger charge is -2.22. The number of nitrogens with one attached hydrogen (secondary N) is 1. The summed E-state index contributed by atoms with van der Waals surface area (Å²) in [6, 6.07) is 7.73. The van der Waals surface area contributed by atoms with Crippen molar-refractivity contribution >= 4 is 41.3 Å². The van der Waals surface area contributed by atoms with E-state index in [2.05, 4.69) is 32.7 Å². The third-order valence-electron chi connectivity index (χ3n) is 3.26. The van der Waals surface area contributed by atoms with Crippen LogP contribution in [0.5, 0.6) is 0 Å². The van der Waals surface area contributed by atoms with Crippen molar-refractivity contribution in [1.29, 1.82) is 0 Å². The first-order chi connectivity index (χ1) is 10.7. The molecule has 2 heterocycles. The number of aliphatic imine (C=N–C) groups is 1. The third-order valence-corrected chi connectivity index (χ3v) is 4.19. The van der Waals surface area contributed by atoms with Gasteiger partial charge in [-0.05, 0) is 36.9 Å². The maximum Gasteiger partial charge on any atom is 0.193 e. The fourth-order valence-corrected chi connectivity index (χ4v) is 2.75. The van der Waals surface area contributed by atoms with Gasteiger partial charge in [0, 0.05) is 25.0 Å². The number of aliphatic hydroxyl groups excluding tert-OH is 1. The van der Waals surface area contributed by atoms with Crippen LogP contribution in [0.1, 0.15) is 23.7 Å². The molecular weight excluding hydrogens is 425 g/mol. The Bertz CT molecular complexity index is 558. The summed E-state index contributed by atoms with van der Waals surface area (Å²) in [5.41, 5.74) is 0. The van der Waals surface area contributed by atoms with Crippen LogP contribution in [0.2, 0.25) is 0 Å². The average Bonchev–Trinajstić information content (AvgIpc) is 3.21. The van der Waals surface area contributed by atoms with Crippen LogP contribution < -0.4 is 5.32 Å². The first-order valence-electron chi connectivity index (χ1n) is 7.44. The Morgan fingerprint density at radius 1 is 1.43 bits per heavy atom. The number of nitrogens with zero attached hydrogens (tertiary/aromatic N) is 2. The van der Waals surface area contributed by atoms with Crippen LogP contribution in [0.3, 0.4) is 0 Å². The molecule has 2 aromatic rings.